The van der Waals surface area contributed by atoms with Crippen molar-refractivity contribution in [1.82, 2.24) is 14.5 Å². The fourth-order valence-electron chi connectivity index (χ4n) is 9.13. The molecule has 0 amide bonds. The van der Waals surface area contributed by atoms with Crippen LogP contribution in [0.1, 0.15) is 33.4 Å². The van der Waals surface area contributed by atoms with Gasteiger partial charge in [-0.3, -0.25) is 9.55 Å². The number of para-hydroxylation sites is 1. The van der Waals surface area contributed by atoms with Gasteiger partial charge in [-0.2, -0.15) is 0 Å². The first-order valence-corrected chi connectivity index (χ1v) is 19.0. The van der Waals surface area contributed by atoms with Gasteiger partial charge in [0.25, 0.3) is 0 Å². The number of fused-ring (bicyclic) bond motifs is 14. The van der Waals surface area contributed by atoms with Crippen molar-refractivity contribution in [3.63, 3.8) is 0 Å². The number of rotatable bonds is 2. The average molecular weight is 708 g/mol. The molecule has 4 nitrogen and oxygen atoms in total. The Bertz CT molecular complexity index is 3210. The van der Waals surface area contributed by atoms with Gasteiger partial charge >= 0.3 is 0 Å². The van der Waals surface area contributed by atoms with E-state index in [1.54, 1.807) is 0 Å². The fourth-order valence-corrected chi connectivity index (χ4v) is 10.3. The van der Waals surface area contributed by atoms with E-state index < -0.39 is 5.41 Å². The van der Waals surface area contributed by atoms with Crippen molar-refractivity contribution in [3.8, 4) is 16.9 Å². The first-order valence-electron chi connectivity index (χ1n) is 18.2. The van der Waals surface area contributed by atoms with E-state index in [0.717, 1.165) is 60.7 Å². The van der Waals surface area contributed by atoms with Gasteiger partial charge in [-0.25, -0.2) is 4.98 Å². The molecule has 5 heteroatoms. The zero-order chi connectivity index (χ0) is 35.4. The van der Waals surface area contributed by atoms with Gasteiger partial charge in [-0.05, 0) is 105 Å². The third kappa shape index (κ3) is 4.04. The summed E-state index contributed by atoms with van der Waals surface area (Å²) in [5, 5.41) is 4.54. The molecule has 1 aliphatic carbocycles. The van der Waals surface area contributed by atoms with E-state index >= 15 is 0 Å². The maximum absolute atomic E-state index is 6.61. The number of furan rings is 1. The van der Waals surface area contributed by atoms with Gasteiger partial charge < -0.3 is 4.42 Å². The molecule has 1 spiro atoms. The fraction of sp³-hybridized carbons (Fsp3) is 0.0204. The molecule has 4 aromatic heterocycles. The quantitative estimate of drug-likeness (QED) is 0.179. The minimum Gasteiger partial charge on any atom is -0.456 e. The standard InChI is InChI=1S/C49H29N3OS/c1-3-11-38-30(9-1)16-17-31-18-19-33(32-20-21-42-35(25-32)37-29-50-24-22-43(37)52(42)48-15-7-8-23-51-48)26-40(31)49(38)39-12-4-6-14-46(39)54-47-27-36-34-10-2-5-13-44(34)53-45(36)28-41(47)49/h1-29H. The second-order valence-electron chi connectivity index (χ2n) is 14.2. The summed E-state index contributed by atoms with van der Waals surface area (Å²) in [6.45, 7) is 0. The summed E-state index contributed by atoms with van der Waals surface area (Å²) in [5.41, 5.74) is 13.2. The van der Waals surface area contributed by atoms with Crippen LogP contribution in [0.15, 0.2) is 178 Å². The van der Waals surface area contributed by atoms with E-state index in [-0.39, 0.29) is 0 Å². The minimum absolute atomic E-state index is 0.612. The van der Waals surface area contributed by atoms with E-state index in [2.05, 4.69) is 149 Å². The van der Waals surface area contributed by atoms with Crippen LogP contribution in [0.5, 0.6) is 0 Å². The molecule has 6 aromatic carbocycles. The van der Waals surface area contributed by atoms with Crippen molar-refractivity contribution < 1.29 is 4.42 Å². The third-order valence-corrected chi connectivity index (χ3v) is 12.6. The number of pyridine rings is 2. The predicted octanol–water partition coefficient (Wildman–Crippen LogP) is 12.5. The maximum Gasteiger partial charge on any atom is 0.137 e. The van der Waals surface area contributed by atoms with Crippen LogP contribution in [0.2, 0.25) is 0 Å². The largest absolute Gasteiger partial charge is 0.456 e. The van der Waals surface area contributed by atoms with Crippen molar-refractivity contribution in [3.05, 3.63) is 198 Å². The van der Waals surface area contributed by atoms with Crippen molar-refractivity contribution in [1.29, 1.82) is 0 Å². The van der Waals surface area contributed by atoms with Crippen LogP contribution in [0.3, 0.4) is 0 Å². The van der Waals surface area contributed by atoms with Crippen LogP contribution in [0, 0.1) is 0 Å². The molecule has 2 aliphatic rings. The predicted molar refractivity (Wildman–Crippen MR) is 220 cm³/mol. The highest BCUT2D eigenvalue weighted by molar-refractivity contribution is 7.99. The molecule has 0 saturated heterocycles. The topological polar surface area (TPSA) is 43.9 Å². The maximum atomic E-state index is 6.61. The van der Waals surface area contributed by atoms with Crippen LogP contribution in [0.25, 0.3) is 72.8 Å². The third-order valence-electron chi connectivity index (χ3n) is 11.4. The molecule has 0 saturated carbocycles. The van der Waals surface area contributed by atoms with Crippen molar-refractivity contribution in [2.45, 2.75) is 15.2 Å². The van der Waals surface area contributed by atoms with Gasteiger partial charge in [-0.1, -0.05) is 109 Å². The molecular weight excluding hydrogens is 679 g/mol. The van der Waals surface area contributed by atoms with E-state index in [0.29, 0.717) is 0 Å². The number of aromatic nitrogens is 3. The Hall–Kier alpha value is -6.69. The van der Waals surface area contributed by atoms with Gasteiger partial charge in [0.05, 0.1) is 16.4 Å². The zero-order valence-electron chi connectivity index (χ0n) is 28.9. The lowest BCUT2D eigenvalue weighted by atomic mass is 9.63. The molecule has 10 aromatic rings. The second kappa shape index (κ2) is 11.2. The molecule has 54 heavy (non-hydrogen) atoms. The van der Waals surface area contributed by atoms with Gasteiger partial charge in [0, 0.05) is 49.9 Å². The number of hydrogen-bond acceptors (Lipinski definition) is 4. The summed E-state index contributed by atoms with van der Waals surface area (Å²) in [5.74, 6) is 0.889. The Labute approximate surface area is 315 Å². The lowest BCUT2D eigenvalue weighted by Gasteiger charge is -2.43. The number of benzene rings is 6. The van der Waals surface area contributed by atoms with Crippen LogP contribution in [-0.4, -0.2) is 14.5 Å². The van der Waals surface area contributed by atoms with Crippen molar-refractivity contribution in [2.75, 3.05) is 0 Å². The Kier molecular flexibility index (Phi) is 6.17. The van der Waals surface area contributed by atoms with Gasteiger partial charge in [0.2, 0.25) is 0 Å². The van der Waals surface area contributed by atoms with Crippen LogP contribution in [0.4, 0.5) is 0 Å². The van der Waals surface area contributed by atoms with Gasteiger partial charge in [0.15, 0.2) is 0 Å². The summed E-state index contributed by atoms with van der Waals surface area (Å²) in [7, 11) is 0. The molecule has 1 unspecified atom stereocenters. The molecule has 5 heterocycles. The molecule has 1 aliphatic heterocycles. The summed E-state index contributed by atoms with van der Waals surface area (Å²) >= 11 is 1.86. The lowest BCUT2D eigenvalue weighted by molar-refractivity contribution is 0.659. The summed E-state index contributed by atoms with van der Waals surface area (Å²) < 4.78 is 8.85. The molecule has 1 atom stereocenters. The Morgan fingerprint density at radius 2 is 1.28 bits per heavy atom. The molecular formula is C49H29N3OS. The van der Waals surface area contributed by atoms with Crippen molar-refractivity contribution in [2.24, 2.45) is 0 Å². The minimum atomic E-state index is -0.612. The van der Waals surface area contributed by atoms with Crippen LogP contribution in [-0.2, 0) is 5.41 Å². The molecule has 12 rings (SSSR count). The second-order valence-corrected chi connectivity index (χ2v) is 15.2. The molecule has 0 N–H and O–H groups in total. The summed E-state index contributed by atoms with van der Waals surface area (Å²) in [4.78, 5) is 11.8. The molecule has 0 bridgehead atoms. The van der Waals surface area contributed by atoms with E-state index in [1.165, 1.54) is 43.2 Å². The highest BCUT2D eigenvalue weighted by atomic mass is 32.2. The highest BCUT2D eigenvalue weighted by Gasteiger charge is 2.47. The van der Waals surface area contributed by atoms with Crippen LogP contribution >= 0.6 is 11.8 Å². The highest BCUT2D eigenvalue weighted by Crippen LogP contribution is 2.59. The first kappa shape index (κ1) is 29.8. The average Bonchev–Trinajstić information content (AvgIpc) is 3.72. The number of nitrogens with zero attached hydrogens (tertiary/aromatic N) is 3. The van der Waals surface area contributed by atoms with Gasteiger partial charge in [0.1, 0.15) is 17.0 Å². The Balaban J connectivity index is 1.16. The monoisotopic (exact) mass is 707 g/mol. The van der Waals surface area contributed by atoms with Crippen LogP contribution < -0.4 is 0 Å². The molecule has 0 radical (unpaired) electrons. The van der Waals surface area contributed by atoms with Gasteiger partial charge in [-0.15, -0.1) is 0 Å². The van der Waals surface area contributed by atoms with E-state index in [4.69, 9.17) is 9.40 Å². The van der Waals surface area contributed by atoms with E-state index in [1.807, 2.05) is 48.6 Å². The smallest absolute Gasteiger partial charge is 0.137 e. The Morgan fingerprint density at radius 3 is 2.20 bits per heavy atom. The Morgan fingerprint density at radius 1 is 0.500 bits per heavy atom. The summed E-state index contributed by atoms with van der Waals surface area (Å²) in [6.07, 6.45) is 10.3. The first-order chi connectivity index (χ1) is 26.8. The van der Waals surface area contributed by atoms with E-state index in [9.17, 15) is 0 Å². The number of hydrogen-bond donors (Lipinski definition) is 0. The summed E-state index contributed by atoms with van der Waals surface area (Å²) in [6, 6.07) is 52.9. The normalized spacial score (nSPS) is 15.7. The molecule has 252 valence electrons. The SMILES string of the molecule is C1=Cc2ccc(-c3ccc4c(c3)c3cnccc3n4-c3ccccn3)cc2C2(c3ccccc31)c1ccccc1Sc1cc3c(cc12)oc1ccccc13. The molecule has 0 fully saturated rings. The zero-order valence-corrected chi connectivity index (χ0v) is 29.7. The van der Waals surface area contributed by atoms with Crippen molar-refractivity contribution >= 4 is 67.7 Å². The lowest BCUT2D eigenvalue weighted by Crippen LogP contribution is -2.35.